The fourth-order valence-electron chi connectivity index (χ4n) is 1.02. The third-order valence-electron chi connectivity index (χ3n) is 1.61. The summed E-state index contributed by atoms with van der Waals surface area (Å²) in [6.07, 6.45) is 2.24. The molecule has 11 heavy (non-hydrogen) atoms. The van der Waals surface area contributed by atoms with Gasteiger partial charge in [0, 0.05) is 9.75 Å². The first-order chi connectivity index (χ1) is 5.24. The minimum absolute atomic E-state index is 0.235. The summed E-state index contributed by atoms with van der Waals surface area (Å²) in [7, 11) is 0. The monoisotopic (exact) mass is 188 g/mol. The van der Waals surface area contributed by atoms with Crippen molar-refractivity contribution < 1.29 is 0 Å². The molecule has 0 radical (unpaired) electrons. The van der Waals surface area contributed by atoms with E-state index in [1.807, 2.05) is 0 Å². The number of rotatable bonds is 3. The van der Waals surface area contributed by atoms with Gasteiger partial charge in [0.05, 0.1) is 5.38 Å². The zero-order valence-electron chi connectivity index (χ0n) is 6.93. The Kier molecular flexibility index (Phi) is 3.41. The van der Waals surface area contributed by atoms with E-state index in [1.54, 1.807) is 11.3 Å². The molecule has 0 fully saturated rings. The number of thiophene rings is 1. The molecule has 0 nitrogen and oxygen atoms in total. The van der Waals surface area contributed by atoms with Gasteiger partial charge in [0.1, 0.15) is 0 Å². The topological polar surface area (TPSA) is 0 Å². The highest BCUT2D eigenvalue weighted by molar-refractivity contribution is 7.12. The summed E-state index contributed by atoms with van der Waals surface area (Å²) < 4.78 is 0. The van der Waals surface area contributed by atoms with Gasteiger partial charge < -0.3 is 0 Å². The molecule has 0 aromatic carbocycles. The van der Waals surface area contributed by atoms with Crippen LogP contribution in [-0.4, -0.2) is 0 Å². The fraction of sp³-hybridized carbons (Fsp3) is 0.556. The normalized spacial score (nSPS) is 13.4. The summed E-state index contributed by atoms with van der Waals surface area (Å²) in [5.41, 5.74) is 0. The van der Waals surface area contributed by atoms with E-state index in [9.17, 15) is 0 Å². The van der Waals surface area contributed by atoms with Crippen molar-refractivity contribution in [1.82, 2.24) is 0 Å². The second kappa shape index (κ2) is 4.13. The average molecular weight is 189 g/mol. The van der Waals surface area contributed by atoms with Gasteiger partial charge in [-0.05, 0) is 25.5 Å². The van der Waals surface area contributed by atoms with Crippen molar-refractivity contribution in [3.63, 3.8) is 0 Å². The second-order valence-corrected chi connectivity index (χ2v) is 4.55. The summed E-state index contributed by atoms with van der Waals surface area (Å²) in [4.78, 5) is 2.66. The number of halogens is 1. The molecule has 0 N–H and O–H groups in total. The Morgan fingerprint density at radius 1 is 1.55 bits per heavy atom. The lowest BCUT2D eigenvalue weighted by molar-refractivity contribution is 0.780. The molecule has 1 heterocycles. The smallest absolute Gasteiger partial charge is 0.0678 e. The first kappa shape index (κ1) is 9.08. The summed E-state index contributed by atoms with van der Waals surface area (Å²) in [6.45, 7) is 4.28. The molecule has 0 amide bonds. The van der Waals surface area contributed by atoms with Crippen molar-refractivity contribution >= 4 is 22.9 Å². The largest absolute Gasteiger partial charge is 0.144 e. The average Bonchev–Trinajstić information content (AvgIpc) is 2.36. The summed E-state index contributed by atoms with van der Waals surface area (Å²) in [6, 6.07) is 4.26. The molecule has 0 bridgehead atoms. The highest BCUT2D eigenvalue weighted by Crippen LogP contribution is 2.30. The van der Waals surface area contributed by atoms with Crippen molar-refractivity contribution in [2.24, 2.45) is 0 Å². The van der Waals surface area contributed by atoms with Gasteiger partial charge in [-0.3, -0.25) is 0 Å². The number of hydrogen-bond acceptors (Lipinski definition) is 1. The van der Waals surface area contributed by atoms with Crippen LogP contribution < -0.4 is 0 Å². The van der Waals surface area contributed by atoms with Gasteiger partial charge in [0.25, 0.3) is 0 Å². The number of alkyl halides is 1. The fourth-order valence-corrected chi connectivity index (χ4v) is 2.33. The van der Waals surface area contributed by atoms with Gasteiger partial charge in [0.2, 0.25) is 0 Å². The van der Waals surface area contributed by atoms with Crippen LogP contribution in [0.4, 0.5) is 0 Å². The van der Waals surface area contributed by atoms with Crippen LogP contribution in [0.1, 0.15) is 34.9 Å². The molecular formula is C9H13ClS. The third kappa shape index (κ3) is 2.49. The van der Waals surface area contributed by atoms with Gasteiger partial charge in [-0.1, -0.05) is 13.3 Å². The van der Waals surface area contributed by atoms with Crippen LogP contribution in [0.3, 0.4) is 0 Å². The van der Waals surface area contributed by atoms with Crippen LogP contribution in [0.2, 0.25) is 0 Å². The maximum Gasteiger partial charge on any atom is 0.0678 e. The maximum absolute atomic E-state index is 6.13. The molecule has 1 aromatic heterocycles. The molecule has 1 atom stereocenters. The number of hydrogen-bond donors (Lipinski definition) is 0. The second-order valence-electron chi connectivity index (χ2n) is 2.70. The van der Waals surface area contributed by atoms with Crippen LogP contribution in [0.5, 0.6) is 0 Å². The molecule has 1 rings (SSSR count). The highest BCUT2D eigenvalue weighted by atomic mass is 35.5. The molecule has 1 aromatic rings. The Morgan fingerprint density at radius 2 is 2.27 bits per heavy atom. The van der Waals surface area contributed by atoms with Crippen LogP contribution in [-0.2, 0) is 0 Å². The van der Waals surface area contributed by atoms with E-state index >= 15 is 0 Å². The Balaban J connectivity index is 2.60. The van der Waals surface area contributed by atoms with E-state index in [0.29, 0.717) is 0 Å². The molecular weight excluding hydrogens is 176 g/mol. The Bertz CT molecular complexity index is 217. The summed E-state index contributed by atoms with van der Waals surface area (Å²) in [5.74, 6) is 0. The summed E-state index contributed by atoms with van der Waals surface area (Å²) >= 11 is 7.93. The van der Waals surface area contributed by atoms with Gasteiger partial charge >= 0.3 is 0 Å². The first-order valence-electron chi connectivity index (χ1n) is 3.94. The van der Waals surface area contributed by atoms with Crippen molar-refractivity contribution in [2.75, 3.05) is 0 Å². The molecule has 0 aliphatic rings. The lowest BCUT2D eigenvalue weighted by Crippen LogP contribution is -1.83. The molecule has 1 unspecified atom stereocenters. The van der Waals surface area contributed by atoms with E-state index in [2.05, 4.69) is 26.0 Å². The van der Waals surface area contributed by atoms with E-state index in [4.69, 9.17) is 11.6 Å². The standard InChI is InChI=1S/C9H13ClS/c1-3-4-8(10)9-6-5-7(2)11-9/h5-6,8H,3-4H2,1-2H3. The highest BCUT2D eigenvalue weighted by Gasteiger charge is 2.07. The zero-order valence-corrected chi connectivity index (χ0v) is 8.50. The zero-order chi connectivity index (χ0) is 8.27. The molecule has 0 aliphatic carbocycles. The predicted molar refractivity (Wildman–Crippen MR) is 52.6 cm³/mol. The third-order valence-corrected chi connectivity index (χ3v) is 3.31. The van der Waals surface area contributed by atoms with Crippen molar-refractivity contribution in [3.8, 4) is 0 Å². The van der Waals surface area contributed by atoms with E-state index in [-0.39, 0.29) is 5.38 Å². The van der Waals surface area contributed by atoms with Crippen molar-refractivity contribution in [1.29, 1.82) is 0 Å². The molecule has 0 saturated heterocycles. The van der Waals surface area contributed by atoms with Gasteiger partial charge in [0.15, 0.2) is 0 Å². The predicted octanol–water partition coefficient (Wildman–Crippen LogP) is 4.14. The van der Waals surface area contributed by atoms with Crippen LogP contribution >= 0.6 is 22.9 Å². The minimum atomic E-state index is 0.235. The molecule has 2 heteroatoms. The first-order valence-corrected chi connectivity index (χ1v) is 5.19. The molecule has 0 saturated carbocycles. The molecule has 0 spiro atoms. The van der Waals surface area contributed by atoms with E-state index in [1.165, 1.54) is 9.75 Å². The van der Waals surface area contributed by atoms with Crippen LogP contribution in [0.25, 0.3) is 0 Å². The van der Waals surface area contributed by atoms with Gasteiger partial charge in [-0.15, -0.1) is 22.9 Å². The lowest BCUT2D eigenvalue weighted by atomic mass is 10.2. The van der Waals surface area contributed by atoms with Crippen LogP contribution in [0.15, 0.2) is 12.1 Å². The van der Waals surface area contributed by atoms with E-state index < -0.39 is 0 Å². The summed E-state index contributed by atoms with van der Waals surface area (Å²) in [5, 5.41) is 0.235. The van der Waals surface area contributed by atoms with Crippen molar-refractivity contribution in [2.45, 2.75) is 32.1 Å². The molecule has 0 aliphatic heterocycles. The number of aryl methyl sites for hydroxylation is 1. The Morgan fingerprint density at radius 3 is 2.73 bits per heavy atom. The van der Waals surface area contributed by atoms with Gasteiger partial charge in [-0.25, -0.2) is 0 Å². The molecule has 62 valence electrons. The minimum Gasteiger partial charge on any atom is -0.144 e. The Labute approximate surface area is 77.2 Å². The SMILES string of the molecule is CCCC(Cl)c1ccc(C)s1. The Hall–Kier alpha value is -0.0100. The quantitative estimate of drug-likeness (QED) is 0.626. The van der Waals surface area contributed by atoms with Gasteiger partial charge in [-0.2, -0.15) is 0 Å². The lowest BCUT2D eigenvalue weighted by Gasteiger charge is -2.02. The maximum atomic E-state index is 6.13. The van der Waals surface area contributed by atoms with Crippen molar-refractivity contribution in [3.05, 3.63) is 21.9 Å². The van der Waals surface area contributed by atoms with Crippen LogP contribution in [0, 0.1) is 6.92 Å². The van der Waals surface area contributed by atoms with E-state index in [0.717, 1.165) is 12.8 Å².